The average Bonchev–Trinajstić information content (AvgIpc) is 3.22. The smallest absolute Gasteiger partial charge is 0.00206 e. The van der Waals surface area contributed by atoms with Crippen LogP contribution in [0.4, 0.5) is 0 Å². The molecule has 0 nitrogen and oxygen atoms in total. The van der Waals surface area contributed by atoms with Crippen LogP contribution in [0.15, 0.2) is 194 Å². The molecule has 0 aliphatic rings. The van der Waals surface area contributed by atoms with Crippen molar-refractivity contribution in [2.75, 3.05) is 0 Å². The van der Waals surface area contributed by atoms with Crippen LogP contribution in [0.2, 0.25) is 0 Å². The first kappa shape index (κ1) is 29.0. The summed E-state index contributed by atoms with van der Waals surface area (Å²) in [6, 6.07) is 71.8. The lowest BCUT2D eigenvalue weighted by molar-refractivity contribution is 1.58. The molecule has 0 unspecified atom stereocenters. The van der Waals surface area contributed by atoms with Crippen molar-refractivity contribution in [2.24, 2.45) is 0 Å². The van der Waals surface area contributed by atoms with Crippen LogP contribution in [0.3, 0.4) is 0 Å². The maximum atomic E-state index is 2.39. The highest BCUT2D eigenvalue weighted by Crippen LogP contribution is 2.41. The van der Waals surface area contributed by atoms with Gasteiger partial charge >= 0.3 is 0 Å². The molecule has 0 aliphatic heterocycles. The van der Waals surface area contributed by atoms with E-state index in [2.05, 4.69) is 194 Å². The predicted molar refractivity (Wildman–Crippen MR) is 224 cm³/mol. The number of hydrogen-bond donors (Lipinski definition) is 0. The average molecular weight is 657 g/mol. The van der Waals surface area contributed by atoms with Crippen LogP contribution >= 0.6 is 0 Å². The molecular weight excluding hydrogens is 625 g/mol. The Morgan fingerprint density at radius 2 is 0.673 bits per heavy atom. The summed E-state index contributed by atoms with van der Waals surface area (Å²) in [5.74, 6) is 0. The molecule has 0 N–H and O–H groups in total. The molecule has 240 valence electrons. The quantitative estimate of drug-likeness (QED) is 0.165. The van der Waals surface area contributed by atoms with Crippen molar-refractivity contribution in [3.8, 4) is 44.5 Å². The minimum Gasteiger partial charge on any atom is -0.0616 e. The molecule has 11 aromatic rings. The van der Waals surface area contributed by atoms with E-state index >= 15 is 0 Å². The molecule has 0 fully saturated rings. The first-order valence-electron chi connectivity index (χ1n) is 18.1. The number of fused-ring (bicyclic) bond motifs is 5. The topological polar surface area (TPSA) is 0 Å². The molecule has 0 heterocycles. The van der Waals surface area contributed by atoms with Crippen molar-refractivity contribution in [1.29, 1.82) is 0 Å². The van der Waals surface area contributed by atoms with Crippen LogP contribution < -0.4 is 0 Å². The molecule has 0 amide bonds. The predicted octanol–water partition coefficient (Wildman–Crippen LogP) is 14.7. The summed E-state index contributed by atoms with van der Waals surface area (Å²) in [4.78, 5) is 0. The lowest BCUT2D eigenvalue weighted by atomic mass is 9.89. The zero-order chi connectivity index (χ0) is 34.2. The minimum absolute atomic E-state index is 1.21. The van der Waals surface area contributed by atoms with E-state index in [1.165, 1.54) is 109 Å². The summed E-state index contributed by atoms with van der Waals surface area (Å²) in [6.45, 7) is 0. The van der Waals surface area contributed by atoms with Crippen LogP contribution in [-0.4, -0.2) is 0 Å². The normalized spacial score (nSPS) is 11.8. The van der Waals surface area contributed by atoms with Crippen LogP contribution in [0.5, 0.6) is 0 Å². The Balaban J connectivity index is 0.939. The van der Waals surface area contributed by atoms with Crippen LogP contribution in [0, 0.1) is 0 Å². The second-order valence-corrected chi connectivity index (χ2v) is 14.1. The molecule has 0 aliphatic carbocycles. The van der Waals surface area contributed by atoms with E-state index in [4.69, 9.17) is 0 Å². The highest BCUT2D eigenvalue weighted by molar-refractivity contribution is 6.25. The van der Waals surface area contributed by atoms with E-state index in [0.717, 1.165) is 0 Å². The Kier molecular flexibility index (Phi) is 6.35. The summed E-state index contributed by atoms with van der Waals surface area (Å²) >= 11 is 0. The van der Waals surface area contributed by atoms with E-state index in [9.17, 15) is 0 Å². The molecule has 0 heteroatoms. The second-order valence-electron chi connectivity index (χ2n) is 14.1. The molecule has 0 saturated heterocycles. The molecule has 11 aromatic carbocycles. The van der Waals surface area contributed by atoms with Crippen molar-refractivity contribution in [3.63, 3.8) is 0 Å². The SMILES string of the molecule is c1cc(-c2ccc(-c3cc4c5ccccc5ccc4c4ccccc34)cc2)cc(-c2ccc(-c3ccc4ccc5cccc6ccc3c4c56)cc2)c1. The van der Waals surface area contributed by atoms with Gasteiger partial charge in [0.25, 0.3) is 0 Å². The van der Waals surface area contributed by atoms with Gasteiger partial charge in [0, 0.05) is 0 Å². The summed E-state index contributed by atoms with van der Waals surface area (Å²) in [6.07, 6.45) is 0. The Morgan fingerprint density at radius 1 is 0.192 bits per heavy atom. The Bertz CT molecular complexity index is 3130. The Hall–Kier alpha value is -6.76. The second kappa shape index (κ2) is 11.4. The standard InChI is InChI=1S/C52H32/c1-2-12-43-35(7-1)25-29-47-45-13-3-4-14-46(45)49(32-50(43)47)37-21-17-34(18-22-37)42-11-6-10-41(31-42)33-15-19-36(20-16-33)44-28-26-40-24-23-38-8-5-9-39-27-30-48(44)52(40)51(38)39/h1-32H. The van der Waals surface area contributed by atoms with Crippen LogP contribution in [0.1, 0.15) is 0 Å². The molecule has 0 atom stereocenters. The highest BCUT2D eigenvalue weighted by atomic mass is 14.2. The van der Waals surface area contributed by atoms with Gasteiger partial charge in [-0.25, -0.2) is 0 Å². The lowest BCUT2D eigenvalue weighted by Gasteiger charge is -2.14. The molecule has 0 bridgehead atoms. The molecule has 52 heavy (non-hydrogen) atoms. The van der Waals surface area contributed by atoms with Crippen molar-refractivity contribution in [3.05, 3.63) is 194 Å². The van der Waals surface area contributed by atoms with E-state index in [-0.39, 0.29) is 0 Å². The first-order chi connectivity index (χ1) is 25.8. The summed E-state index contributed by atoms with van der Waals surface area (Å²) < 4.78 is 0. The molecule has 0 spiro atoms. The molecule has 0 radical (unpaired) electrons. The maximum absolute atomic E-state index is 2.39. The van der Waals surface area contributed by atoms with Crippen LogP contribution in [0.25, 0.3) is 109 Å². The highest BCUT2D eigenvalue weighted by Gasteiger charge is 2.14. The number of rotatable bonds is 4. The lowest BCUT2D eigenvalue weighted by Crippen LogP contribution is -1.88. The van der Waals surface area contributed by atoms with E-state index in [1.54, 1.807) is 0 Å². The fourth-order valence-corrected chi connectivity index (χ4v) is 8.65. The molecule has 0 aromatic heterocycles. The van der Waals surface area contributed by atoms with Gasteiger partial charge in [0.1, 0.15) is 0 Å². The van der Waals surface area contributed by atoms with Crippen LogP contribution in [-0.2, 0) is 0 Å². The zero-order valence-corrected chi connectivity index (χ0v) is 28.5. The number of benzene rings is 11. The van der Waals surface area contributed by atoms with Gasteiger partial charge in [-0.05, 0) is 121 Å². The van der Waals surface area contributed by atoms with Gasteiger partial charge in [-0.15, -0.1) is 0 Å². The largest absolute Gasteiger partial charge is 0.0616 e. The summed E-state index contributed by atoms with van der Waals surface area (Å²) in [5.41, 5.74) is 9.88. The van der Waals surface area contributed by atoms with Crippen molar-refractivity contribution < 1.29 is 0 Å². The minimum atomic E-state index is 1.21. The third-order valence-corrected chi connectivity index (χ3v) is 11.2. The maximum Gasteiger partial charge on any atom is -0.00206 e. The Morgan fingerprint density at radius 3 is 1.40 bits per heavy atom. The summed E-state index contributed by atoms with van der Waals surface area (Å²) in [5, 5.41) is 15.7. The van der Waals surface area contributed by atoms with Crippen molar-refractivity contribution in [1.82, 2.24) is 0 Å². The van der Waals surface area contributed by atoms with Gasteiger partial charge in [0.2, 0.25) is 0 Å². The third-order valence-electron chi connectivity index (χ3n) is 11.2. The van der Waals surface area contributed by atoms with Gasteiger partial charge in [-0.3, -0.25) is 0 Å². The van der Waals surface area contributed by atoms with Crippen molar-refractivity contribution >= 4 is 64.6 Å². The molecule has 11 rings (SSSR count). The van der Waals surface area contributed by atoms with Gasteiger partial charge in [0.05, 0.1) is 0 Å². The van der Waals surface area contributed by atoms with E-state index < -0.39 is 0 Å². The number of hydrogen-bond acceptors (Lipinski definition) is 0. The zero-order valence-electron chi connectivity index (χ0n) is 28.5. The van der Waals surface area contributed by atoms with E-state index in [0.29, 0.717) is 0 Å². The third kappa shape index (κ3) is 4.48. The van der Waals surface area contributed by atoms with E-state index in [1.807, 2.05) is 0 Å². The first-order valence-corrected chi connectivity index (χ1v) is 18.1. The Labute approximate surface area is 302 Å². The monoisotopic (exact) mass is 656 g/mol. The van der Waals surface area contributed by atoms with Gasteiger partial charge in [-0.2, -0.15) is 0 Å². The molecular formula is C52H32. The van der Waals surface area contributed by atoms with Crippen molar-refractivity contribution in [2.45, 2.75) is 0 Å². The summed E-state index contributed by atoms with van der Waals surface area (Å²) in [7, 11) is 0. The van der Waals surface area contributed by atoms with Gasteiger partial charge in [-0.1, -0.05) is 182 Å². The fraction of sp³-hybridized carbons (Fsp3) is 0. The van der Waals surface area contributed by atoms with Gasteiger partial charge in [0.15, 0.2) is 0 Å². The fourth-order valence-electron chi connectivity index (χ4n) is 8.65. The van der Waals surface area contributed by atoms with Gasteiger partial charge < -0.3 is 0 Å². The molecule has 0 saturated carbocycles.